The van der Waals surface area contributed by atoms with Gasteiger partial charge in [0, 0.05) is 6.54 Å². The van der Waals surface area contributed by atoms with Crippen molar-refractivity contribution in [1.29, 1.82) is 0 Å². The highest BCUT2D eigenvalue weighted by molar-refractivity contribution is 7.92. The summed E-state index contributed by atoms with van der Waals surface area (Å²) < 4.78 is 25.8. The molecule has 0 fully saturated rings. The predicted octanol–water partition coefficient (Wildman–Crippen LogP) is 2.07. The van der Waals surface area contributed by atoms with E-state index in [9.17, 15) is 23.1 Å². The van der Waals surface area contributed by atoms with Crippen LogP contribution in [0.25, 0.3) is 0 Å². The standard InChI is InChI=1S/C16H24N2O5S/c1-4-16(5-2,15(20)21)11-17-14(19)12-9-7-8-10-13(12)18-24(22,23)6-3/h7-10,18H,4-6,11H2,1-3H3,(H,17,19)(H,20,21). The Morgan fingerprint density at radius 2 is 1.71 bits per heavy atom. The SMILES string of the molecule is CCC(CC)(CNC(=O)c1ccccc1NS(=O)(=O)CC)C(=O)O. The number of benzene rings is 1. The summed E-state index contributed by atoms with van der Waals surface area (Å²) in [5.74, 6) is -1.60. The van der Waals surface area contributed by atoms with Gasteiger partial charge in [-0.15, -0.1) is 0 Å². The quantitative estimate of drug-likeness (QED) is 0.627. The molecule has 1 rings (SSSR count). The lowest BCUT2D eigenvalue weighted by Crippen LogP contribution is -2.42. The van der Waals surface area contributed by atoms with E-state index in [1.807, 2.05) is 0 Å². The minimum atomic E-state index is -3.52. The molecule has 0 atom stereocenters. The number of carboxylic acid groups (broad SMARTS) is 1. The first-order valence-electron chi connectivity index (χ1n) is 7.82. The highest BCUT2D eigenvalue weighted by atomic mass is 32.2. The molecule has 24 heavy (non-hydrogen) atoms. The fourth-order valence-corrected chi connectivity index (χ4v) is 2.89. The van der Waals surface area contributed by atoms with E-state index in [1.54, 1.807) is 26.0 Å². The molecular formula is C16H24N2O5S. The number of carbonyl (C=O) groups excluding carboxylic acids is 1. The number of amides is 1. The number of aliphatic carboxylic acids is 1. The monoisotopic (exact) mass is 356 g/mol. The molecule has 0 saturated carbocycles. The number of para-hydroxylation sites is 1. The smallest absolute Gasteiger partial charge is 0.311 e. The van der Waals surface area contributed by atoms with Gasteiger partial charge in [0.1, 0.15) is 0 Å². The molecule has 8 heteroatoms. The van der Waals surface area contributed by atoms with E-state index in [0.29, 0.717) is 12.8 Å². The Morgan fingerprint density at radius 3 is 2.21 bits per heavy atom. The van der Waals surface area contributed by atoms with Crippen LogP contribution >= 0.6 is 0 Å². The summed E-state index contributed by atoms with van der Waals surface area (Å²) in [6.07, 6.45) is 0.756. The van der Waals surface area contributed by atoms with Gasteiger partial charge in [0.15, 0.2) is 0 Å². The first-order chi connectivity index (χ1) is 11.2. The Morgan fingerprint density at radius 1 is 1.12 bits per heavy atom. The van der Waals surface area contributed by atoms with E-state index in [2.05, 4.69) is 10.0 Å². The van der Waals surface area contributed by atoms with Crippen LogP contribution in [0.3, 0.4) is 0 Å². The number of carboxylic acids is 1. The van der Waals surface area contributed by atoms with Crippen molar-refractivity contribution in [3.05, 3.63) is 29.8 Å². The summed E-state index contributed by atoms with van der Waals surface area (Å²) in [7, 11) is -3.52. The maximum absolute atomic E-state index is 12.4. The second kappa shape index (κ2) is 8.14. The third-order valence-corrected chi connectivity index (χ3v) is 5.50. The zero-order chi connectivity index (χ0) is 18.4. The van der Waals surface area contributed by atoms with E-state index in [0.717, 1.165) is 0 Å². The zero-order valence-electron chi connectivity index (χ0n) is 14.1. The van der Waals surface area contributed by atoms with Crippen molar-refractivity contribution in [3.63, 3.8) is 0 Å². The lowest BCUT2D eigenvalue weighted by molar-refractivity contribution is -0.149. The van der Waals surface area contributed by atoms with Crippen molar-refractivity contribution in [3.8, 4) is 0 Å². The van der Waals surface area contributed by atoms with Crippen LogP contribution in [0, 0.1) is 5.41 Å². The topological polar surface area (TPSA) is 113 Å². The van der Waals surface area contributed by atoms with E-state index in [4.69, 9.17) is 0 Å². The van der Waals surface area contributed by atoms with Gasteiger partial charge in [0.2, 0.25) is 10.0 Å². The summed E-state index contributed by atoms with van der Waals surface area (Å²) in [5, 5.41) is 12.0. The van der Waals surface area contributed by atoms with Gasteiger partial charge in [-0.1, -0.05) is 26.0 Å². The first-order valence-corrected chi connectivity index (χ1v) is 9.47. The second-order valence-electron chi connectivity index (χ2n) is 5.53. The molecule has 0 saturated heterocycles. The van der Waals surface area contributed by atoms with E-state index < -0.39 is 27.3 Å². The van der Waals surface area contributed by atoms with Gasteiger partial charge in [0.05, 0.1) is 22.4 Å². The summed E-state index contributed by atoms with van der Waals surface area (Å²) >= 11 is 0. The van der Waals surface area contributed by atoms with Crippen molar-refractivity contribution < 1.29 is 23.1 Å². The number of sulfonamides is 1. The third kappa shape index (κ3) is 4.70. The highest BCUT2D eigenvalue weighted by Gasteiger charge is 2.35. The molecule has 0 aliphatic heterocycles. The first kappa shape index (κ1) is 20.0. The molecule has 0 aromatic heterocycles. The Hall–Kier alpha value is -2.09. The fourth-order valence-electron chi connectivity index (χ4n) is 2.23. The van der Waals surface area contributed by atoms with Gasteiger partial charge >= 0.3 is 5.97 Å². The van der Waals surface area contributed by atoms with Crippen molar-refractivity contribution in [2.75, 3.05) is 17.0 Å². The van der Waals surface area contributed by atoms with Crippen LogP contribution in [0.4, 0.5) is 5.69 Å². The molecule has 0 radical (unpaired) electrons. The molecule has 0 aliphatic carbocycles. The minimum absolute atomic E-state index is 0.0248. The summed E-state index contributed by atoms with van der Waals surface area (Å²) in [4.78, 5) is 23.9. The molecule has 1 aromatic rings. The van der Waals surface area contributed by atoms with Crippen LogP contribution in [-0.2, 0) is 14.8 Å². The van der Waals surface area contributed by atoms with Crippen molar-refractivity contribution in [2.45, 2.75) is 33.6 Å². The Kier molecular flexibility index (Phi) is 6.77. The molecule has 3 N–H and O–H groups in total. The highest BCUT2D eigenvalue weighted by Crippen LogP contribution is 2.26. The second-order valence-corrected chi connectivity index (χ2v) is 7.54. The lowest BCUT2D eigenvalue weighted by atomic mass is 9.82. The van der Waals surface area contributed by atoms with Crippen molar-refractivity contribution in [1.82, 2.24) is 5.32 Å². The minimum Gasteiger partial charge on any atom is -0.481 e. The number of carbonyl (C=O) groups is 2. The summed E-state index contributed by atoms with van der Waals surface area (Å²) in [5.41, 5.74) is -0.708. The molecule has 0 aliphatic rings. The molecule has 0 heterocycles. The average molecular weight is 356 g/mol. The number of nitrogens with one attached hydrogen (secondary N) is 2. The largest absolute Gasteiger partial charge is 0.481 e. The zero-order valence-corrected chi connectivity index (χ0v) is 14.9. The fraction of sp³-hybridized carbons (Fsp3) is 0.500. The van der Waals surface area contributed by atoms with Crippen LogP contribution in [0.5, 0.6) is 0 Å². The Labute approximate surface area is 142 Å². The number of hydrogen-bond donors (Lipinski definition) is 3. The van der Waals surface area contributed by atoms with Crippen molar-refractivity contribution >= 4 is 27.6 Å². The average Bonchev–Trinajstić information content (AvgIpc) is 2.56. The molecule has 1 amide bonds. The predicted molar refractivity (Wildman–Crippen MR) is 92.5 cm³/mol. The lowest BCUT2D eigenvalue weighted by Gasteiger charge is -2.27. The van der Waals surface area contributed by atoms with E-state index in [-0.39, 0.29) is 23.5 Å². The van der Waals surface area contributed by atoms with Crippen LogP contribution < -0.4 is 10.0 Å². The molecule has 0 unspecified atom stereocenters. The van der Waals surface area contributed by atoms with Gasteiger partial charge in [-0.05, 0) is 31.9 Å². The number of rotatable bonds is 9. The van der Waals surface area contributed by atoms with Gasteiger partial charge in [-0.3, -0.25) is 14.3 Å². The maximum Gasteiger partial charge on any atom is 0.311 e. The van der Waals surface area contributed by atoms with Crippen LogP contribution in [-0.4, -0.2) is 37.7 Å². The van der Waals surface area contributed by atoms with Gasteiger partial charge in [-0.2, -0.15) is 0 Å². The Bertz CT molecular complexity index is 696. The maximum atomic E-state index is 12.4. The molecular weight excluding hydrogens is 332 g/mol. The van der Waals surface area contributed by atoms with Crippen LogP contribution in [0.15, 0.2) is 24.3 Å². The molecule has 1 aromatic carbocycles. The van der Waals surface area contributed by atoms with Gasteiger partial charge in [0.25, 0.3) is 5.91 Å². The number of anilines is 1. The summed E-state index contributed by atoms with van der Waals surface area (Å²) in [6, 6.07) is 6.21. The molecule has 0 bridgehead atoms. The molecule has 134 valence electrons. The van der Waals surface area contributed by atoms with E-state index >= 15 is 0 Å². The third-order valence-electron chi connectivity index (χ3n) is 4.21. The normalized spacial score (nSPS) is 11.8. The summed E-state index contributed by atoms with van der Waals surface area (Å²) in [6.45, 7) is 4.98. The van der Waals surface area contributed by atoms with Crippen LogP contribution in [0.2, 0.25) is 0 Å². The molecule has 0 spiro atoms. The number of hydrogen-bond acceptors (Lipinski definition) is 4. The van der Waals surface area contributed by atoms with Crippen LogP contribution in [0.1, 0.15) is 44.0 Å². The van der Waals surface area contributed by atoms with Gasteiger partial charge < -0.3 is 10.4 Å². The van der Waals surface area contributed by atoms with E-state index in [1.165, 1.54) is 19.1 Å². The molecule has 7 nitrogen and oxygen atoms in total. The van der Waals surface area contributed by atoms with Crippen molar-refractivity contribution in [2.24, 2.45) is 5.41 Å². The van der Waals surface area contributed by atoms with Gasteiger partial charge in [-0.25, -0.2) is 8.42 Å². The Balaban J connectivity index is 2.99.